The third-order valence-electron chi connectivity index (χ3n) is 2.57. The number of ketones is 1. The number of carboxylic acids is 1. The first-order valence-electron chi connectivity index (χ1n) is 4.62. The lowest BCUT2D eigenvalue weighted by atomic mass is 10.1. The first-order chi connectivity index (χ1) is 7.09. The Balaban J connectivity index is 2.10. The van der Waals surface area contributed by atoms with Crippen molar-refractivity contribution in [2.75, 3.05) is 0 Å². The maximum atomic E-state index is 11.7. The van der Waals surface area contributed by atoms with Crippen molar-refractivity contribution in [3.63, 3.8) is 0 Å². The molecule has 1 aromatic rings. The second-order valence-electron chi connectivity index (χ2n) is 3.66. The summed E-state index contributed by atoms with van der Waals surface area (Å²) in [6.45, 7) is 0. The van der Waals surface area contributed by atoms with Crippen LogP contribution in [0.1, 0.15) is 16.8 Å². The molecule has 78 valence electrons. The predicted octanol–water partition coefficient (Wildman–Crippen LogP) is 2.24. The molecule has 0 spiro atoms. The highest BCUT2D eigenvalue weighted by atomic mass is 35.5. The molecule has 0 aromatic heterocycles. The zero-order valence-corrected chi connectivity index (χ0v) is 8.57. The lowest BCUT2D eigenvalue weighted by molar-refractivity contribution is -0.138. The number of rotatable bonds is 3. The Morgan fingerprint density at radius 3 is 2.27 bits per heavy atom. The van der Waals surface area contributed by atoms with Gasteiger partial charge in [-0.15, -0.1) is 0 Å². The van der Waals surface area contributed by atoms with E-state index in [0.29, 0.717) is 17.0 Å². The van der Waals surface area contributed by atoms with Gasteiger partial charge in [-0.2, -0.15) is 0 Å². The monoisotopic (exact) mass is 224 g/mol. The van der Waals surface area contributed by atoms with Gasteiger partial charge in [0.25, 0.3) is 0 Å². The van der Waals surface area contributed by atoms with Crippen molar-refractivity contribution in [1.29, 1.82) is 0 Å². The fraction of sp³-hybridized carbons (Fsp3) is 0.273. The van der Waals surface area contributed by atoms with E-state index in [0.717, 1.165) is 0 Å². The van der Waals surface area contributed by atoms with Gasteiger partial charge in [-0.25, -0.2) is 0 Å². The standard InChI is InChI=1S/C11H9ClO3/c12-7-3-1-6(2-4-7)10(13)8-5-9(8)11(14)15/h1-4,8-9H,5H2,(H,14,15)/t8-,9-/m1/s1. The van der Waals surface area contributed by atoms with Crippen LogP contribution in [0, 0.1) is 11.8 Å². The molecule has 0 amide bonds. The molecule has 2 rings (SSSR count). The summed E-state index contributed by atoms with van der Waals surface area (Å²) in [5.41, 5.74) is 0.535. The molecule has 1 aromatic carbocycles. The second kappa shape index (κ2) is 3.66. The van der Waals surface area contributed by atoms with Crippen LogP contribution in [0.2, 0.25) is 5.02 Å². The molecule has 0 unspecified atom stereocenters. The lowest BCUT2D eigenvalue weighted by Crippen LogP contribution is -2.07. The number of carboxylic acid groups (broad SMARTS) is 1. The number of carbonyl (C=O) groups excluding carboxylic acids is 1. The molecule has 1 aliphatic carbocycles. The van der Waals surface area contributed by atoms with Crippen LogP contribution in [-0.2, 0) is 4.79 Å². The Hall–Kier alpha value is -1.35. The van der Waals surface area contributed by atoms with Crippen LogP contribution in [0.15, 0.2) is 24.3 Å². The molecule has 4 heteroatoms. The van der Waals surface area contributed by atoms with Gasteiger partial charge >= 0.3 is 5.97 Å². The number of carbonyl (C=O) groups is 2. The summed E-state index contributed by atoms with van der Waals surface area (Å²) >= 11 is 5.69. The topological polar surface area (TPSA) is 54.4 Å². The minimum absolute atomic E-state index is 0.0981. The van der Waals surface area contributed by atoms with Crippen LogP contribution < -0.4 is 0 Å². The van der Waals surface area contributed by atoms with E-state index in [1.165, 1.54) is 0 Å². The fourth-order valence-corrected chi connectivity index (χ4v) is 1.71. The maximum absolute atomic E-state index is 11.7. The Morgan fingerprint density at radius 2 is 1.80 bits per heavy atom. The van der Waals surface area contributed by atoms with E-state index in [1.54, 1.807) is 24.3 Å². The lowest BCUT2D eigenvalue weighted by Gasteiger charge is -1.98. The fourth-order valence-electron chi connectivity index (χ4n) is 1.59. The van der Waals surface area contributed by atoms with E-state index in [9.17, 15) is 9.59 Å². The van der Waals surface area contributed by atoms with Crippen molar-refractivity contribution in [3.8, 4) is 0 Å². The first-order valence-corrected chi connectivity index (χ1v) is 5.00. The van der Waals surface area contributed by atoms with Crippen LogP contribution in [-0.4, -0.2) is 16.9 Å². The van der Waals surface area contributed by atoms with E-state index >= 15 is 0 Å². The minimum Gasteiger partial charge on any atom is -0.481 e. The predicted molar refractivity (Wildman–Crippen MR) is 55.0 cm³/mol. The average molecular weight is 225 g/mol. The van der Waals surface area contributed by atoms with Crippen molar-refractivity contribution in [3.05, 3.63) is 34.9 Å². The van der Waals surface area contributed by atoms with E-state index < -0.39 is 11.9 Å². The Labute approximate surface area is 91.7 Å². The minimum atomic E-state index is -0.887. The van der Waals surface area contributed by atoms with Crippen molar-refractivity contribution in [2.45, 2.75) is 6.42 Å². The van der Waals surface area contributed by atoms with Gasteiger partial charge in [0, 0.05) is 16.5 Å². The average Bonchev–Trinajstić information content (AvgIpc) is 2.97. The van der Waals surface area contributed by atoms with Crippen molar-refractivity contribution in [1.82, 2.24) is 0 Å². The van der Waals surface area contributed by atoms with Gasteiger partial charge < -0.3 is 5.11 Å². The second-order valence-corrected chi connectivity index (χ2v) is 4.09. The molecule has 0 bridgehead atoms. The molecule has 1 N–H and O–H groups in total. The highest BCUT2D eigenvalue weighted by Gasteiger charge is 2.48. The highest BCUT2D eigenvalue weighted by molar-refractivity contribution is 6.30. The number of Topliss-reactive ketones (excluding diaryl/α,β-unsaturated/α-hetero) is 1. The Morgan fingerprint density at radius 1 is 1.20 bits per heavy atom. The van der Waals surface area contributed by atoms with Gasteiger partial charge in [0.05, 0.1) is 5.92 Å². The largest absolute Gasteiger partial charge is 0.481 e. The number of hydrogen-bond donors (Lipinski definition) is 1. The maximum Gasteiger partial charge on any atom is 0.307 e. The van der Waals surface area contributed by atoms with Gasteiger partial charge in [0.15, 0.2) is 5.78 Å². The zero-order valence-electron chi connectivity index (χ0n) is 7.81. The van der Waals surface area contributed by atoms with Crippen LogP contribution in [0.25, 0.3) is 0 Å². The van der Waals surface area contributed by atoms with E-state index in [-0.39, 0.29) is 11.7 Å². The molecular weight excluding hydrogens is 216 g/mol. The molecule has 15 heavy (non-hydrogen) atoms. The van der Waals surface area contributed by atoms with Gasteiger partial charge in [-0.1, -0.05) is 11.6 Å². The quantitative estimate of drug-likeness (QED) is 0.802. The summed E-state index contributed by atoms with van der Waals surface area (Å²) in [6, 6.07) is 6.52. The Kier molecular flexibility index (Phi) is 2.49. The van der Waals surface area contributed by atoms with Gasteiger partial charge in [0.1, 0.15) is 0 Å². The number of benzene rings is 1. The molecule has 1 aliphatic rings. The molecule has 0 heterocycles. The van der Waals surface area contributed by atoms with Crippen LogP contribution in [0.4, 0.5) is 0 Å². The first kappa shape index (κ1) is 10.2. The molecule has 0 saturated heterocycles. The van der Waals surface area contributed by atoms with E-state index in [2.05, 4.69) is 0 Å². The summed E-state index contributed by atoms with van der Waals surface area (Å²) in [6.07, 6.45) is 0.455. The zero-order chi connectivity index (χ0) is 11.0. The number of aliphatic carboxylic acids is 1. The number of halogens is 1. The van der Waals surface area contributed by atoms with Crippen LogP contribution >= 0.6 is 11.6 Å². The molecule has 0 aliphatic heterocycles. The van der Waals surface area contributed by atoms with Crippen molar-refractivity contribution in [2.24, 2.45) is 11.8 Å². The van der Waals surface area contributed by atoms with Crippen LogP contribution in [0.5, 0.6) is 0 Å². The smallest absolute Gasteiger partial charge is 0.307 e. The van der Waals surface area contributed by atoms with E-state index in [4.69, 9.17) is 16.7 Å². The summed E-state index contributed by atoms with van der Waals surface area (Å²) in [4.78, 5) is 22.3. The van der Waals surface area contributed by atoms with E-state index in [1.807, 2.05) is 0 Å². The molecular formula is C11H9ClO3. The molecule has 1 saturated carbocycles. The van der Waals surface area contributed by atoms with Gasteiger partial charge in [-0.05, 0) is 30.7 Å². The van der Waals surface area contributed by atoms with Crippen molar-refractivity contribution >= 4 is 23.4 Å². The molecule has 0 radical (unpaired) electrons. The summed E-state index contributed by atoms with van der Waals surface area (Å²) in [5.74, 6) is -1.82. The molecule has 2 atom stereocenters. The summed E-state index contributed by atoms with van der Waals surface area (Å²) < 4.78 is 0. The van der Waals surface area contributed by atoms with Gasteiger partial charge in [-0.3, -0.25) is 9.59 Å². The normalized spacial score (nSPS) is 23.5. The summed E-state index contributed by atoms with van der Waals surface area (Å²) in [5, 5.41) is 9.26. The van der Waals surface area contributed by atoms with Gasteiger partial charge in [0.2, 0.25) is 0 Å². The molecule has 3 nitrogen and oxygen atoms in total. The van der Waals surface area contributed by atoms with Crippen LogP contribution in [0.3, 0.4) is 0 Å². The SMILES string of the molecule is O=C(O)[C@@H]1C[C@H]1C(=O)c1ccc(Cl)cc1. The van der Waals surface area contributed by atoms with Crippen molar-refractivity contribution < 1.29 is 14.7 Å². The molecule has 1 fully saturated rings. The third kappa shape index (κ3) is 2.02. The third-order valence-corrected chi connectivity index (χ3v) is 2.83. The summed E-state index contributed by atoms with van der Waals surface area (Å²) in [7, 11) is 0. The highest BCUT2D eigenvalue weighted by Crippen LogP contribution is 2.41. The number of hydrogen-bond acceptors (Lipinski definition) is 2. The Bertz CT molecular complexity index is 410.